The minimum atomic E-state index is -0.692. The fourth-order valence-corrected chi connectivity index (χ4v) is 1.75. The molecule has 0 heterocycles. The van der Waals surface area contributed by atoms with Crippen LogP contribution in [0.4, 0.5) is 8.78 Å². The van der Waals surface area contributed by atoms with Crippen molar-refractivity contribution in [1.82, 2.24) is 0 Å². The summed E-state index contributed by atoms with van der Waals surface area (Å²) in [4.78, 5) is 0. The Hall–Kier alpha value is -1.64. The normalized spacial score (nSPS) is 10.9. The van der Waals surface area contributed by atoms with E-state index < -0.39 is 11.6 Å². The van der Waals surface area contributed by atoms with Crippen molar-refractivity contribution in [2.75, 3.05) is 0 Å². The first-order chi connectivity index (χ1) is 7.15. The average molecular weight is 208 g/mol. The number of rotatable bonds is 1. The van der Waals surface area contributed by atoms with Gasteiger partial charge in [0.1, 0.15) is 5.82 Å². The third-order valence-corrected chi connectivity index (χ3v) is 2.52. The van der Waals surface area contributed by atoms with Crippen LogP contribution in [-0.2, 0) is 6.42 Å². The van der Waals surface area contributed by atoms with Gasteiger partial charge in [-0.3, -0.25) is 0 Å². The number of aromatic hydroxyl groups is 1. The molecule has 0 radical (unpaired) electrons. The second-order valence-corrected chi connectivity index (χ2v) is 3.37. The van der Waals surface area contributed by atoms with Crippen molar-refractivity contribution < 1.29 is 13.9 Å². The number of hydrogen-bond donors (Lipinski definition) is 1. The summed E-state index contributed by atoms with van der Waals surface area (Å²) in [7, 11) is 0. The van der Waals surface area contributed by atoms with Crippen molar-refractivity contribution in [3.8, 4) is 5.75 Å². The molecule has 2 rings (SSSR count). The lowest BCUT2D eigenvalue weighted by Crippen LogP contribution is -1.91. The summed E-state index contributed by atoms with van der Waals surface area (Å²) in [6, 6.07) is 5.36. The van der Waals surface area contributed by atoms with E-state index >= 15 is 0 Å². The molecule has 0 spiro atoms. The molecule has 0 fully saturated rings. The second-order valence-electron chi connectivity index (χ2n) is 3.37. The van der Waals surface area contributed by atoms with Crippen molar-refractivity contribution >= 4 is 10.8 Å². The SMILES string of the molecule is CCc1c(F)ccc2c(F)c(O)ccc12. The zero-order chi connectivity index (χ0) is 11.0. The maximum absolute atomic E-state index is 13.5. The molecule has 0 amide bonds. The van der Waals surface area contributed by atoms with Gasteiger partial charge >= 0.3 is 0 Å². The topological polar surface area (TPSA) is 20.2 Å². The number of phenols is 1. The maximum Gasteiger partial charge on any atom is 0.172 e. The summed E-state index contributed by atoms with van der Waals surface area (Å²) in [6.07, 6.45) is 0.493. The predicted octanol–water partition coefficient (Wildman–Crippen LogP) is 3.39. The predicted molar refractivity (Wildman–Crippen MR) is 54.9 cm³/mol. The number of benzene rings is 2. The fraction of sp³-hybridized carbons (Fsp3) is 0.167. The molecule has 2 aromatic carbocycles. The van der Waals surface area contributed by atoms with Crippen LogP contribution in [0.2, 0.25) is 0 Å². The highest BCUT2D eigenvalue weighted by molar-refractivity contribution is 5.87. The zero-order valence-corrected chi connectivity index (χ0v) is 8.22. The van der Waals surface area contributed by atoms with Crippen molar-refractivity contribution in [3.63, 3.8) is 0 Å². The quantitative estimate of drug-likeness (QED) is 0.761. The summed E-state index contributed by atoms with van der Waals surface area (Å²) in [6.45, 7) is 1.81. The van der Waals surface area contributed by atoms with E-state index in [2.05, 4.69) is 0 Å². The first-order valence-electron chi connectivity index (χ1n) is 4.73. The van der Waals surface area contributed by atoms with Crippen LogP contribution in [0.1, 0.15) is 12.5 Å². The average Bonchev–Trinajstić information content (AvgIpc) is 2.23. The molecule has 0 aliphatic carbocycles. The Labute approximate surface area is 86.0 Å². The van der Waals surface area contributed by atoms with Crippen molar-refractivity contribution in [3.05, 3.63) is 41.5 Å². The smallest absolute Gasteiger partial charge is 0.172 e. The van der Waals surface area contributed by atoms with Crippen LogP contribution < -0.4 is 0 Å². The minimum absolute atomic E-state index is 0.258. The van der Waals surface area contributed by atoms with E-state index in [0.29, 0.717) is 17.4 Å². The largest absolute Gasteiger partial charge is 0.505 e. The molecule has 78 valence electrons. The van der Waals surface area contributed by atoms with Gasteiger partial charge in [-0.05, 0) is 35.6 Å². The van der Waals surface area contributed by atoms with Gasteiger partial charge in [0.25, 0.3) is 0 Å². The number of phenolic OH excluding ortho intramolecular Hbond substituents is 1. The first-order valence-corrected chi connectivity index (χ1v) is 4.73. The highest BCUT2D eigenvalue weighted by atomic mass is 19.1. The molecule has 1 N–H and O–H groups in total. The van der Waals surface area contributed by atoms with Gasteiger partial charge in [-0.15, -0.1) is 0 Å². The molecular formula is C12H10F2O. The number of halogens is 2. The monoisotopic (exact) mass is 208 g/mol. The van der Waals surface area contributed by atoms with Crippen LogP contribution in [0.3, 0.4) is 0 Å². The van der Waals surface area contributed by atoms with Crippen LogP contribution >= 0.6 is 0 Å². The van der Waals surface area contributed by atoms with Gasteiger partial charge < -0.3 is 5.11 Å². The molecule has 0 saturated carbocycles. The Morgan fingerprint density at radius 3 is 2.40 bits per heavy atom. The maximum atomic E-state index is 13.5. The number of fused-ring (bicyclic) bond motifs is 1. The summed E-state index contributed by atoms with van der Waals surface area (Å²) >= 11 is 0. The molecule has 0 aliphatic heterocycles. The number of aryl methyl sites for hydroxylation is 1. The van der Waals surface area contributed by atoms with E-state index in [-0.39, 0.29) is 11.2 Å². The Kier molecular flexibility index (Phi) is 2.31. The molecule has 0 atom stereocenters. The third kappa shape index (κ3) is 1.44. The van der Waals surface area contributed by atoms with E-state index in [1.165, 1.54) is 24.3 Å². The van der Waals surface area contributed by atoms with E-state index in [0.717, 1.165) is 0 Å². The van der Waals surface area contributed by atoms with Gasteiger partial charge in [0.15, 0.2) is 11.6 Å². The molecule has 0 aliphatic rings. The molecule has 0 bridgehead atoms. The Morgan fingerprint density at radius 1 is 1.07 bits per heavy atom. The number of hydrogen-bond acceptors (Lipinski definition) is 1. The van der Waals surface area contributed by atoms with E-state index in [9.17, 15) is 13.9 Å². The zero-order valence-electron chi connectivity index (χ0n) is 8.22. The summed E-state index contributed by atoms with van der Waals surface area (Å²) in [5.41, 5.74) is 0.478. The second kappa shape index (κ2) is 3.50. The van der Waals surface area contributed by atoms with Crippen LogP contribution in [-0.4, -0.2) is 5.11 Å². The van der Waals surface area contributed by atoms with E-state index in [4.69, 9.17) is 0 Å². The van der Waals surface area contributed by atoms with E-state index in [1.807, 2.05) is 6.92 Å². The Bertz CT molecular complexity index is 521. The molecule has 1 nitrogen and oxygen atoms in total. The van der Waals surface area contributed by atoms with Gasteiger partial charge in [0.05, 0.1) is 0 Å². The lowest BCUT2D eigenvalue weighted by Gasteiger charge is -2.07. The summed E-state index contributed by atoms with van der Waals surface area (Å²) in [5, 5.41) is 9.96. The Morgan fingerprint density at radius 2 is 1.73 bits per heavy atom. The molecule has 0 aromatic heterocycles. The van der Waals surface area contributed by atoms with Gasteiger partial charge in [0.2, 0.25) is 0 Å². The molecular weight excluding hydrogens is 198 g/mol. The standard InChI is InChI=1S/C12H10F2O/c1-2-7-8-4-6-11(15)12(14)9(8)3-5-10(7)13/h3-6,15H,2H2,1H3. The summed E-state index contributed by atoms with van der Waals surface area (Å²) in [5.74, 6) is -1.44. The minimum Gasteiger partial charge on any atom is -0.505 e. The molecule has 2 aromatic rings. The van der Waals surface area contributed by atoms with Gasteiger partial charge in [0, 0.05) is 5.39 Å². The van der Waals surface area contributed by atoms with Gasteiger partial charge in [-0.2, -0.15) is 0 Å². The van der Waals surface area contributed by atoms with Crippen molar-refractivity contribution in [2.45, 2.75) is 13.3 Å². The van der Waals surface area contributed by atoms with Gasteiger partial charge in [-0.1, -0.05) is 13.0 Å². The lowest BCUT2D eigenvalue weighted by molar-refractivity contribution is 0.436. The van der Waals surface area contributed by atoms with E-state index in [1.54, 1.807) is 0 Å². The molecule has 0 saturated heterocycles. The molecule has 0 unspecified atom stereocenters. The van der Waals surface area contributed by atoms with Crippen LogP contribution in [0.5, 0.6) is 5.75 Å². The highest BCUT2D eigenvalue weighted by Gasteiger charge is 2.11. The molecule has 15 heavy (non-hydrogen) atoms. The van der Waals surface area contributed by atoms with Crippen LogP contribution in [0, 0.1) is 11.6 Å². The molecule has 3 heteroatoms. The fourth-order valence-electron chi connectivity index (χ4n) is 1.75. The highest BCUT2D eigenvalue weighted by Crippen LogP contribution is 2.29. The van der Waals surface area contributed by atoms with Gasteiger partial charge in [-0.25, -0.2) is 8.78 Å². The van der Waals surface area contributed by atoms with Crippen molar-refractivity contribution in [2.24, 2.45) is 0 Å². The Balaban J connectivity index is 2.89. The van der Waals surface area contributed by atoms with Crippen LogP contribution in [0.15, 0.2) is 24.3 Å². The summed E-state index contributed by atoms with van der Waals surface area (Å²) < 4.78 is 26.8. The third-order valence-electron chi connectivity index (χ3n) is 2.52. The van der Waals surface area contributed by atoms with Crippen LogP contribution in [0.25, 0.3) is 10.8 Å². The lowest BCUT2D eigenvalue weighted by atomic mass is 10.0. The van der Waals surface area contributed by atoms with Crippen molar-refractivity contribution in [1.29, 1.82) is 0 Å². The first kappa shape index (κ1) is 9.90.